The molecular weight excluding hydrogens is 346 g/mol. The Morgan fingerprint density at radius 3 is 2.74 bits per heavy atom. The third-order valence-corrected chi connectivity index (χ3v) is 4.79. The summed E-state index contributed by atoms with van der Waals surface area (Å²) in [6.45, 7) is 3.88. The minimum Gasteiger partial charge on any atom is -0.454 e. The third-order valence-electron chi connectivity index (χ3n) is 4.79. The van der Waals surface area contributed by atoms with E-state index in [4.69, 9.17) is 9.47 Å². The Balaban J connectivity index is 1.48. The summed E-state index contributed by atoms with van der Waals surface area (Å²) >= 11 is 0. The lowest BCUT2D eigenvalue weighted by molar-refractivity contribution is 0.0785. The van der Waals surface area contributed by atoms with Crippen LogP contribution in [-0.2, 0) is 6.54 Å². The maximum absolute atomic E-state index is 12.8. The number of benzene rings is 2. The second-order valence-electron chi connectivity index (χ2n) is 6.73. The molecule has 0 spiro atoms. The third kappa shape index (κ3) is 3.28. The number of ether oxygens (including phenoxy) is 2. The molecule has 7 heteroatoms. The lowest BCUT2D eigenvalue weighted by Crippen LogP contribution is -2.29. The normalized spacial score (nSPS) is 15.0. The fourth-order valence-electron chi connectivity index (χ4n) is 3.40. The molecule has 0 aliphatic carbocycles. The van der Waals surface area contributed by atoms with Gasteiger partial charge in [-0.3, -0.25) is 9.69 Å². The van der Waals surface area contributed by atoms with Crippen molar-refractivity contribution in [2.24, 2.45) is 0 Å². The van der Waals surface area contributed by atoms with E-state index in [-0.39, 0.29) is 18.7 Å². The van der Waals surface area contributed by atoms with Gasteiger partial charge in [0.15, 0.2) is 11.5 Å². The molecule has 2 heterocycles. The van der Waals surface area contributed by atoms with E-state index in [1.807, 2.05) is 37.3 Å². The lowest BCUT2D eigenvalue weighted by atomic mass is 10.1. The van der Waals surface area contributed by atoms with E-state index in [0.29, 0.717) is 30.9 Å². The molecule has 2 aliphatic rings. The van der Waals surface area contributed by atoms with Crippen molar-refractivity contribution in [1.29, 1.82) is 0 Å². The van der Waals surface area contributed by atoms with Gasteiger partial charge < -0.3 is 19.7 Å². The summed E-state index contributed by atoms with van der Waals surface area (Å²) in [4.78, 5) is 28.0. The summed E-state index contributed by atoms with van der Waals surface area (Å²) in [5.41, 5.74) is 3.30. The van der Waals surface area contributed by atoms with Crippen molar-refractivity contribution in [3.8, 4) is 11.5 Å². The fourth-order valence-corrected chi connectivity index (χ4v) is 3.40. The molecule has 0 radical (unpaired) electrons. The number of hydrogen-bond acceptors (Lipinski definition) is 4. The van der Waals surface area contributed by atoms with Gasteiger partial charge in [0.05, 0.1) is 0 Å². The first-order valence-electron chi connectivity index (χ1n) is 8.83. The Kier molecular flexibility index (Phi) is 4.35. The highest BCUT2D eigenvalue weighted by Crippen LogP contribution is 2.33. The molecule has 0 unspecified atom stereocenters. The first-order valence-corrected chi connectivity index (χ1v) is 8.83. The molecular formula is C20H21N3O4. The molecule has 4 rings (SSSR count). The zero-order valence-corrected chi connectivity index (χ0v) is 15.3. The standard InChI is InChI=1S/C20H21N3O4/c1-13-9-15(4-5-16(13)23-8-7-21-20(23)25)19(24)22(2)11-14-3-6-17-18(10-14)27-12-26-17/h3-6,9-10H,7-8,11-12H2,1-2H3,(H,21,25). The van der Waals surface area contributed by atoms with Crippen LogP contribution in [0, 0.1) is 6.92 Å². The Bertz CT molecular complexity index is 912. The van der Waals surface area contributed by atoms with Gasteiger partial charge in [-0.2, -0.15) is 0 Å². The van der Waals surface area contributed by atoms with E-state index in [0.717, 1.165) is 22.6 Å². The Morgan fingerprint density at radius 2 is 2.00 bits per heavy atom. The minimum atomic E-state index is -0.0999. The molecule has 0 saturated carbocycles. The zero-order chi connectivity index (χ0) is 19.0. The van der Waals surface area contributed by atoms with Crippen molar-refractivity contribution in [1.82, 2.24) is 10.2 Å². The average molecular weight is 367 g/mol. The molecule has 2 aliphatic heterocycles. The van der Waals surface area contributed by atoms with Crippen LogP contribution in [-0.4, -0.2) is 43.8 Å². The number of urea groups is 1. The van der Waals surface area contributed by atoms with Crippen molar-refractivity contribution in [3.63, 3.8) is 0 Å². The summed E-state index contributed by atoms with van der Waals surface area (Å²) in [5, 5.41) is 2.79. The van der Waals surface area contributed by atoms with Crippen LogP contribution >= 0.6 is 0 Å². The number of amides is 3. The van der Waals surface area contributed by atoms with Gasteiger partial charge in [0, 0.05) is 37.9 Å². The largest absolute Gasteiger partial charge is 0.454 e. The van der Waals surface area contributed by atoms with Crippen molar-refractivity contribution in [2.45, 2.75) is 13.5 Å². The minimum absolute atomic E-state index is 0.0757. The molecule has 140 valence electrons. The van der Waals surface area contributed by atoms with Crippen LogP contribution in [0.1, 0.15) is 21.5 Å². The molecule has 1 fully saturated rings. The molecule has 1 N–H and O–H groups in total. The second-order valence-corrected chi connectivity index (χ2v) is 6.73. The number of fused-ring (bicyclic) bond motifs is 1. The Labute approximate surface area is 157 Å². The number of carbonyl (C=O) groups excluding carboxylic acids is 2. The predicted octanol–water partition coefficient (Wildman–Crippen LogP) is 2.53. The van der Waals surface area contributed by atoms with E-state index in [2.05, 4.69) is 5.32 Å². The quantitative estimate of drug-likeness (QED) is 0.901. The van der Waals surface area contributed by atoms with Gasteiger partial charge in [0.2, 0.25) is 6.79 Å². The summed E-state index contributed by atoms with van der Waals surface area (Å²) in [5.74, 6) is 1.36. The van der Waals surface area contributed by atoms with Crippen LogP contribution in [0.4, 0.5) is 10.5 Å². The van der Waals surface area contributed by atoms with E-state index >= 15 is 0 Å². The van der Waals surface area contributed by atoms with E-state index in [1.165, 1.54) is 0 Å². The molecule has 27 heavy (non-hydrogen) atoms. The second kappa shape index (κ2) is 6.83. The summed E-state index contributed by atoms with van der Waals surface area (Å²) < 4.78 is 10.7. The first kappa shape index (κ1) is 17.2. The van der Waals surface area contributed by atoms with Crippen molar-refractivity contribution >= 4 is 17.6 Å². The van der Waals surface area contributed by atoms with Gasteiger partial charge in [0.1, 0.15) is 0 Å². The van der Waals surface area contributed by atoms with Crippen LogP contribution in [0.3, 0.4) is 0 Å². The molecule has 0 bridgehead atoms. The molecule has 0 atom stereocenters. The smallest absolute Gasteiger partial charge is 0.322 e. The number of anilines is 1. The van der Waals surface area contributed by atoms with Crippen LogP contribution in [0.2, 0.25) is 0 Å². The maximum atomic E-state index is 12.8. The summed E-state index contributed by atoms with van der Waals surface area (Å²) in [6, 6.07) is 11.0. The van der Waals surface area contributed by atoms with E-state index in [9.17, 15) is 9.59 Å². The average Bonchev–Trinajstić information content (AvgIpc) is 3.29. The van der Waals surface area contributed by atoms with E-state index in [1.54, 1.807) is 22.9 Å². The maximum Gasteiger partial charge on any atom is 0.322 e. The Morgan fingerprint density at radius 1 is 1.19 bits per heavy atom. The van der Waals surface area contributed by atoms with Crippen molar-refractivity contribution in [2.75, 3.05) is 31.8 Å². The van der Waals surface area contributed by atoms with Gasteiger partial charge in [-0.05, 0) is 48.4 Å². The summed E-state index contributed by atoms with van der Waals surface area (Å²) in [7, 11) is 1.77. The number of hydrogen-bond donors (Lipinski definition) is 1. The summed E-state index contributed by atoms with van der Waals surface area (Å²) in [6.07, 6.45) is 0. The van der Waals surface area contributed by atoms with Gasteiger partial charge >= 0.3 is 6.03 Å². The monoisotopic (exact) mass is 367 g/mol. The SMILES string of the molecule is Cc1cc(C(=O)N(C)Cc2ccc3c(c2)OCO3)ccc1N1CCNC1=O. The van der Waals surface area contributed by atoms with Gasteiger partial charge in [-0.1, -0.05) is 6.07 Å². The highest BCUT2D eigenvalue weighted by molar-refractivity contribution is 5.97. The van der Waals surface area contributed by atoms with Crippen molar-refractivity contribution < 1.29 is 19.1 Å². The molecule has 0 aromatic heterocycles. The zero-order valence-electron chi connectivity index (χ0n) is 15.3. The molecule has 3 amide bonds. The fraction of sp³-hybridized carbons (Fsp3) is 0.300. The Hall–Kier alpha value is -3.22. The van der Waals surface area contributed by atoms with Crippen LogP contribution in [0.25, 0.3) is 0 Å². The van der Waals surface area contributed by atoms with E-state index < -0.39 is 0 Å². The number of nitrogens with one attached hydrogen (secondary N) is 1. The van der Waals surface area contributed by atoms with Crippen LogP contribution < -0.4 is 19.7 Å². The highest BCUT2D eigenvalue weighted by atomic mass is 16.7. The van der Waals surface area contributed by atoms with Crippen molar-refractivity contribution in [3.05, 3.63) is 53.1 Å². The lowest BCUT2D eigenvalue weighted by Gasteiger charge is -2.20. The van der Waals surface area contributed by atoms with Gasteiger partial charge in [-0.25, -0.2) is 4.79 Å². The highest BCUT2D eigenvalue weighted by Gasteiger charge is 2.23. The molecule has 2 aromatic rings. The number of nitrogens with zero attached hydrogens (tertiary/aromatic N) is 2. The number of aryl methyl sites for hydroxylation is 1. The van der Waals surface area contributed by atoms with Gasteiger partial charge in [-0.15, -0.1) is 0 Å². The molecule has 2 aromatic carbocycles. The predicted molar refractivity (Wildman–Crippen MR) is 100 cm³/mol. The number of carbonyl (C=O) groups is 2. The number of rotatable bonds is 4. The van der Waals surface area contributed by atoms with Gasteiger partial charge in [0.25, 0.3) is 5.91 Å². The van der Waals surface area contributed by atoms with Crippen LogP contribution in [0.15, 0.2) is 36.4 Å². The topological polar surface area (TPSA) is 71.1 Å². The van der Waals surface area contributed by atoms with Crippen LogP contribution in [0.5, 0.6) is 11.5 Å². The molecule has 7 nitrogen and oxygen atoms in total. The molecule has 1 saturated heterocycles. The first-order chi connectivity index (χ1) is 13.0.